The van der Waals surface area contributed by atoms with Gasteiger partial charge in [-0.15, -0.1) is 0 Å². The highest BCUT2D eigenvalue weighted by Gasteiger charge is 2.30. The lowest BCUT2D eigenvalue weighted by molar-refractivity contribution is -0.144. The maximum Gasteiger partial charge on any atom is 0.167 e. The van der Waals surface area contributed by atoms with Gasteiger partial charge < -0.3 is 14.8 Å². The van der Waals surface area contributed by atoms with Gasteiger partial charge in [0.2, 0.25) is 0 Å². The van der Waals surface area contributed by atoms with E-state index in [-0.39, 0.29) is 0 Å². The van der Waals surface area contributed by atoms with E-state index in [1.807, 2.05) is 42.6 Å². The average Bonchev–Trinajstić information content (AvgIpc) is 3.27. The van der Waals surface area contributed by atoms with Crippen LogP contribution in [0.2, 0.25) is 0 Å². The number of nitrogens with zero attached hydrogens (tertiary/aromatic N) is 2. The molecule has 0 aliphatic carbocycles. The quantitative estimate of drug-likeness (QED) is 0.762. The first kappa shape index (κ1) is 15.5. The van der Waals surface area contributed by atoms with Gasteiger partial charge in [0.05, 0.1) is 18.7 Å². The lowest BCUT2D eigenvalue weighted by Crippen LogP contribution is -2.28. The van der Waals surface area contributed by atoms with Crippen molar-refractivity contribution >= 4 is 28.1 Å². The molecule has 24 heavy (non-hydrogen) atoms. The summed E-state index contributed by atoms with van der Waals surface area (Å²) in [6.07, 6.45) is 0.763. The molecule has 4 rings (SSSR count). The van der Waals surface area contributed by atoms with Gasteiger partial charge in [0.25, 0.3) is 0 Å². The topological polar surface area (TPSA) is 56.3 Å². The fourth-order valence-corrected chi connectivity index (χ4v) is 3.48. The first-order chi connectivity index (χ1) is 11.7. The van der Waals surface area contributed by atoms with Crippen LogP contribution in [0.25, 0.3) is 22.3 Å². The Hall–Kier alpha value is -2.02. The molecule has 0 amide bonds. The second-order valence-corrected chi connectivity index (χ2v) is 6.71. The number of ether oxygens (including phenoxy) is 2. The number of benzene rings is 1. The number of thiophene rings is 1. The molecule has 0 atom stereocenters. The minimum absolute atomic E-state index is 0.494. The highest BCUT2D eigenvalue weighted by atomic mass is 32.1. The molecule has 124 valence electrons. The molecule has 0 unspecified atom stereocenters. The summed E-state index contributed by atoms with van der Waals surface area (Å²) in [6, 6.07) is 10.1. The van der Waals surface area contributed by atoms with Crippen molar-refractivity contribution < 1.29 is 9.47 Å². The summed E-state index contributed by atoms with van der Waals surface area (Å²) in [5.41, 5.74) is 1.99. The Morgan fingerprint density at radius 1 is 1.17 bits per heavy atom. The monoisotopic (exact) mass is 341 g/mol. The number of fused-ring (bicyclic) bond motifs is 1. The van der Waals surface area contributed by atoms with Gasteiger partial charge in [-0.1, -0.05) is 12.1 Å². The molecule has 3 aromatic rings. The SMILES string of the molecule is CC1(CCNc2nc(-c3ccsc3)nc3ccccc23)OCCO1. The molecule has 5 nitrogen and oxygen atoms in total. The lowest BCUT2D eigenvalue weighted by Gasteiger charge is -2.22. The van der Waals surface area contributed by atoms with Crippen LogP contribution < -0.4 is 5.32 Å². The molecule has 1 N–H and O–H groups in total. The molecule has 6 heteroatoms. The fourth-order valence-electron chi connectivity index (χ4n) is 2.84. The molecule has 0 bridgehead atoms. The van der Waals surface area contributed by atoms with Gasteiger partial charge in [0.1, 0.15) is 5.82 Å². The molecule has 0 radical (unpaired) electrons. The largest absolute Gasteiger partial charge is 0.369 e. The third kappa shape index (κ3) is 3.13. The van der Waals surface area contributed by atoms with Crippen molar-refractivity contribution in [2.75, 3.05) is 25.1 Å². The maximum atomic E-state index is 5.65. The van der Waals surface area contributed by atoms with Crippen LogP contribution >= 0.6 is 11.3 Å². The van der Waals surface area contributed by atoms with Gasteiger partial charge in [-0.25, -0.2) is 9.97 Å². The zero-order valence-electron chi connectivity index (χ0n) is 13.5. The molecule has 0 saturated carbocycles. The van der Waals surface area contributed by atoms with Crippen molar-refractivity contribution in [3.05, 3.63) is 41.1 Å². The third-order valence-electron chi connectivity index (χ3n) is 4.15. The number of aromatic nitrogens is 2. The Morgan fingerprint density at radius 3 is 2.79 bits per heavy atom. The molecule has 2 aromatic heterocycles. The van der Waals surface area contributed by atoms with Crippen LogP contribution in [-0.2, 0) is 9.47 Å². The summed E-state index contributed by atoms with van der Waals surface area (Å²) in [7, 11) is 0. The van der Waals surface area contributed by atoms with Crippen LogP contribution in [-0.4, -0.2) is 35.5 Å². The maximum absolute atomic E-state index is 5.65. The van der Waals surface area contributed by atoms with Gasteiger partial charge in [-0.3, -0.25) is 0 Å². The standard InChI is InChI=1S/C18H19N3O2S/c1-18(22-9-10-23-18)7-8-19-17-14-4-2-3-5-15(14)20-16(21-17)13-6-11-24-12-13/h2-6,11-12H,7-10H2,1H3,(H,19,20,21). The van der Waals surface area contributed by atoms with Crippen LogP contribution in [0.5, 0.6) is 0 Å². The number of nitrogens with one attached hydrogen (secondary N) is 1. The predicted molar refractivity (Wildman–Crippen MR) is 96.3 cm³/mol. The number of hydrogen-bond donors (Lipinski definition) is 1. The van der Waals surface area contributed by atoms with Gasteiger partial charge in [0.15, 0.2) is 11.6 Å². The number of rotatable bonds is 5. The number of para-hydroxylation sites is 1. The first-order valence-corrected chi connectivity index (χ1v) is 8.99. The average molecular weight is 341 g/mol. The van der Waals surface area contributed by atoms with E-state index in [0.717, 1.165) is 41.1 Å². The van der Waals surface area contributed by atoms with Crippen LogP contribution in [0.4, 0.5) is 5.82 Å². The molecule has 3 heterocycles. The second kappa shape index (κ2) is 6.47. The minimum Gasteiger partial charge on any atom is -0.369 e. The fraction of sp³-hybridized carbons (Fsp3) is 0.333. The van der Waals surface area contributed by atoms with E-state index < -0.39 is 5.79 Å². The van der Waals surface area contributed by atoms with Crippen molar-refractivity contribution in [1.29, 1.82) is 0 Å². The number of hydrogen-bond acceptors (Lipinski definition) is 6. The minimum atomic E-state index is -0.494. The van der Waals surface area contributed by atoms with Crippen molar-refractivity contribution in [3.8, 4) is 11.4 Å². The van der Waals surface area contributed by atoms with E-state index in [2.05, 4.69) is 15.7 Å². The molecule has 1 fully saturated rings. The molecule has 0 spiro atoms. The molecule has 1 aromatic carbocycles. The second-order valence-electron chi connectivity index (χ2n) is 5.93. The van der Waals surface area contributed by atoms with E-state index in [9.17, 15) is 0 Å². The molecule has 1 saturated heterocycles. The zero-order valence-corrected chi connectivity index (χ0v) is 14.3. The van der Waals surface area contributed by atoms with E-state index in [0.29, 0.717) is 13.2 Å². The highest BCUT2D eigenvalue weighted by molar-refractivity contribution is 7.08. The summed E-state index contributed by atoms with van der Waals surface area (Å²) in [5.74, 6) is 1.10. The Labute approximate surface area is 144 Å². The van der Waals surface area contributed by atoms with Gasteiger partial charge in [-0.05, 0) is 30.5 Å². The summed E-state index contributed by atoms with van der Waals surface area (Å²) >= 11 is 1.65. The zero-order chi connectivity index (χ0) is 16.4. The Balaban J connectivity index is 1.61. The van der Waals surface area contributed by atoms with E-state index in [4.69, 9.17) is 14.5 Å². The Kier molecular flexibility index (Phi) is 4.18. The van der Waals surface area contributed by atoms with Gasteiger partial charge >= 0.3 is 0 Å². The Bertz CT molecular complexity index is 829. The van der Waals surface area contributed by atoms with E-state index in [1.165, 1.54) is 0 Å². The summed E-state index contributed by atoms with van der Waals surface area (Å²) in [5, 5.41) is 8.56. The lowest BCUT2D eigenvalue weighted by atomic mass is 10.2. The van der Waals surface area contributed by atoms with Crippen LogP contribution in [0, 0.1) is 0 Å². The van der Waals surface area contributed by atoms with Gasteiger partial charge in [-0.2, -0.15) is 11.3 Å². The highest BCUT2D eigenvalue weighted by Crippen LogP contribution is 2.27. The first-order valence-electron chi connectivity index (χ1n) is 8.05. The van der Waals surface area contributed by atoms with Crippen molar-refractivity contribution in [2.24, 2.45) is 0 Å². The van der Waals surface area contributed by atoms with E-state index >= 15 is 0 Å². The van der Waals surface area contributed by atoms with Gasteiger partial charge in [0, 0.05) is 29.3 Å². The molecular formula is C18H19N3O2S. The summed E-state index contributed by atoms with van der Waals surface area (Å²) < 4.78 is 11.3. The normalized spacial score (nSPS) is 16.5. The third-order valence-corrected chi connectivity index (χ3v) is 4.84. The van der Waals surface area contributed by atoms with Crippen molar-refractivity contribution in [1.82, 2.24) is 9.97 Å². The molecular weight excluding hydrogens is 322 g/mol. The number of anilines is 1. The van der Waals surface area contributed by atoms with E-state index in [1.54, 1.807) is 11.3 Å². The summed E-state index contributed by atoms with van der Waals surface area (Å²) in [4.78, 5) is 9.42. The predicted octanol–water partition coefficient (Wildman–Crippen LogP) is 3.92. The van der Waals surface area contributed by atoms with Crippen LogP contribution in [0.3, 0.4) is 0 Å². The smallest absolute Gasteiger partial charge is 0.167 e. The van der Waals surface area contributed by atoms with Crippen LogP contribution in [0.1, 0.15) is 13.3 Å². The van der Waals surface area contributed by atoms with Crippen molar-refractivity contribution in [2.45, 2.75) is 19.1 Å². The molecule has 1 aliphatic rings. The Morgan fingerprint density at radius 2 is 2.00 bits per heavy atom. The summed E-state index contributed by atoms with van der Waals surface area (Å²) in [6.45, 7) is 4.03. The van der Waals surface area contributed by atoms with Crippen LogP contribution in [0.15, 0.2) is 41.1 Å². The molecule has 1 aliphatic heterocycles. The van der Waals surface area contributed by atoms with Crippen molar-refractivity contribution in [3.63, 3.8) is 0 Å².